The largest absolute Gasteiger partial charge is 0.455 e. The maximum Gasteiger partial charge on any atom is 0.411 e. The first-order chi connectivity index (χ1) is 9.20. The van der Waals surface area contributed by atoms with Crippen LogP contribution in [-0.2, 0) is 4.74 Å². The third kappa shape index (κ3) is 3.25. The van der Waals surface area contributed by atoms with Crippen LogP contribution in [0.3, 0.4) is 0 Å². The Morgan fingerprint density at radius 2 is 1.63 bits per heavy atom. The molecule has 4 nitrogen and oxygen atoms in total. The predicted octanol–water partition coefficient (Wildman–Crippen LogP) is 3.97. The van der Waals surface area contributed by atoms with Crippen molar-refractivity contribution in [3.05, 3.63) is 54.1 Å². The van der Waals surface area contributed by atoms with Crippen molar-refractivity contribution < 1.29 is 14.3 Å². The highest BCUT2D eigenvalue weighted by Gasteiger charge is 2.08. The normalized spacial score (nSPS) is 9.79. The van der Waals surface area contributed by atoms with Gasteiger partial charge in [-0.15, -0.1) is 0 Å². The Bertz CT molecular complexity index is 581. The van der Waals surface area contributed by atoms with E-state index in [-0.39, 0.29) is 0 Å². The van der Waals surface area contributed by atoms with Crippen molar-refractivity contribution in [1.29, 1.82) is 0 Å². The van der Waals surface area contributed by atoms with Gasteiger partial charge in [0.2, 0.25) is 0 Å². The molecule has 0 aliphatic carbocycles. The molecule has 0 saturated heterocycles. The molecule has 2 rings (SSSR count). The molecule has 0 spiro atoms. The Kier molecular flexibility index (Phi) is 4.03. The number of nitrogens with one attached hydrogen (secondary N) is 1. The minimum atomic E-state index is -0.527. The lowest BCUT2D eigenvalue weighted by atomic mass is 10.2. The standard InChI is InChI=1S/C15H15NO3/c1-11-7-3-5-9-13(11)19-14-10-6-4-8-12(14)16-15(17)18-2/h3-10H,1-2H3,(H,16,17). The second-order valence-corrected chi connectivity index (χ2v) is 3.98. The zero-order valence-corrected chi connectivity index (χ0v) is 10.8. The second-order valence-electron chi connectivity index (χ2n) is 3.98. The first-order valence-electron chi connectivity index (χ1n) is 5.88. The van der Waals surface area contributed by atoms with Gasteiger partial charge < -0.3 is 9.47 Å². The average Bonchev–Trinajstić information content (AvgIpc) is 2.43. The number of amides is 1. The number of aryl methyl sites for hydroxylation is 1. The number of carbonyl (C=O) groups excluding carboxylic acids is 1. The van der Waals surface area contributed by atoms with Gasteiger partial charge in [-0.1, -0.05) is 30.3 Å². The summed E-state index contributed by atoms with van der Waals surface area (Å²) in [5.74, 6) is 1.32. The summed E-state index contributed by atoms with van der Waals surface area (Å²) in [5, 5.41) is 2.61. The number of para-hydroxylation sites is 3. The van der Waals surface area contributed by atoms with Crippen LogP contribution in [-0.4, -0.2) is 13.2 Å². The molecule has 0 radical (unpaired) electrons. The summed E-state index contributed by atoms with van der Waals surface area (Å²) >= 11 is 0. The Balaban J connectivity index is 2.25. The summed E-state index contributed by atoms with van der Waals surface area (Å²) in [6.45, 7) is 1.96. The minimum Gasteiger partial charge on any atom is -0.455 e. The van der Waals surface area contributed by atoms with Crippen molar-refractivity contribution in [3.63, 3.8) is 0 Å². The molecule has 0 aliphatic heterocycles. The van der Waals surface area contributed by atoms with E-state index in [4.69, 9.17) is 4.74 Å². The molecule has 0 fully saturated rings. The van der Waals surface area contributed by atoms with Crippen LogP contribution in [0.25, 0.3) is 0 Å². The summed E-state index contributed by atoms with van der Waals surface area (Å²) in [6, 6.07) is 14.9. The first kappa shape index (κ1) is 13.0. The summed E-state index contributed by atoms with van der Waals surface area (Å²) in [7, 11) is 1.32. The molecule has 0 bridgehead atoms. The molecular formula is C15H15NO3. The molecule has 2 aromatic rings. The number of hydrogen-bond acceptors (Lipinski definition) is 3. The number of carbonyl (C=O) groups is 1. The highest BCUT2D eigenvalue weighted by Crippen LogP contribution is 2.30. The van der Waals surface area contributed by atoms with Crippen molar-refractivity contribution in [2.45, 2.75) is 6.92 Å². The Hall–Kier alpha value is -2.49. The highest BCUT2D eigenvalue weighted by atomic mass is 16.5. The van der Waals surface area contributed by atoms with Crippen LogP contribution >= 0.6 is 0 Å². The first-order valence-corrected chi connectivity index (χ1v) is 5.88. The molecule has 98 valence electrons. The number of benzene rings is 2. The van der Waals surface area contributed by atoms with E-state index in [0.29, 0.717) is 11.4 Å². The molecule has 0 unspecified atom stereocenters. The molecule has 0 heterocycles. The highest BCUT2D eigenvalue weighted by molar-refractivity contribution is 5.86. The van der Waals surface area contributed by atoms with Crippen LogP contribution in [0.1, 0.15) is 5.56 Å². The van der Waals surface area contributed by atoms with E-state index in [0.717, 1.165) is 11.3 Å². The molecule has 2 aromatic carbocycles. The van der Waals surface area contributed by atoms with E-state index in [9.17, 15) is 4.79 Å². The fourth-order valence-electron chi connectivity index (χ4n) is 1.61. The zero-order valence-electron chi connectivity index (χ0n) is 10.8. The van der Waals surface area contributed by atoms with Crippen LogP contribution in [0.2, 0.25) is 0 Å². The summed E-state index contributed by atoms with van der Waals surface area (Å²) in [6.07, 6.45) is -0.527. The van der Waals surface area contributed by atoms with Gasteiger partial charge in [-0.2, -0.15) is 0 Å². The van der Waals surface area contributed by atoms with E-state index < -0.39 is 6.09 Å². The van der Waals surface area contributed by atoms with Crippen LogP contribution in [0.15, 0.2) is 48.5 Å². The van der Waals surface area contributed by atoms with Crippen LogP contribution in [0.5, 0.6) is 11.5 Å². The lowest BCUT2D eigenvalue weighted by Crippen LogP contribution is -2.11. The van der Waals surface area contributed by atoms with Gasteiger partial charge in [0.05, 0.1) is 12.8 Å². The smallest absolute Gasteiger partial charge is 0.411 e. The number of rotatable bonds is 3. The van der Waals surface area contributed by atoms with Crippen molar-refractivity contribution in [3.8, 4) is 11.5 Å². The zero-order chi connectivity index (χ0) is 13.7. The van der Waals surface area contributed by atoms with E-state index >= 15 is 0 Å². The molecule has 4 heteroatoms. The molecular weight excluding hydrogens is 242 g/mol. The van der Waals surface area contributed by atoms with Gasteiger partial charge in [0.25, 0.3) is 0 Å². The molecule has 19 heavy (non-hydrogen) atoms. The summed E-state index contributed by atoms with van der Waals surface area (Å²) in [5.41, 5.74) is 1.59. The fourth-order valence-corrected chi connectivity index (χ4v) is 1.61. The topological polar surface area (TPSA) is 47.6 Å². The summed E-state index contributed by atoms with van der Waals surface area (Å²) < 4.78 is 10.4. The lowest BCUT2D eigenvalue weighted by molar-refractivity contribution is 0.187. The van der Waals surface area contributed by atoms with Crippen LogP contribution in [0.4, 0.5) is 10.5 Å². The summed E-state index contributed by atoms with van der Waals surface area (Å²) in [4.78, 5) is 11.3. The fraction of sp³-hybridized carbons (Fsp3) is 0.133. The van der Waals surface area contributed by atoms with Gasteiger partial charge in [0, 0.05) is 0 Å². The quantitative estimate of drug-likeness (QED) is 0.905. The third-order valence-electron chi connectivity index (χ3n) is 2.62. The van der Waals surface area contributed by atoms with Crippen LogP contribution in [0, 0.1) is 6.92 Å². The number of methoxy groups -OCH3 is 1. The van der Waals surface area contributed by atoms with Crippen molar-refractivity contribution >= 4 is 11.8 Å². The minimum absolute atomic E-state index is 0.527. The van der Waals surface area contributed by atoms with Crippen molar-refractivity contribution in [2.75, 3.05) is 12.4 Å². The van der Waals surface area contributed by atoms with Gasteiger partial charge in [0.1, 0.15) is 5.75 Å². The number of hydrogen-bond donors (Lipinski definition) is 1. The predicted molar refractivity (Wildman–Crippen MR) is 73.7 cm³/mol. The monoisotopic (exact) mass is 257 g/mol. The second kappa shape index (κ2) is 5.91. The van der Waals surface area contributed by atoms with Crippen LogP contribution < -0.4 is 10.1 Å². The maximum atomic E-state index is 11.3. The van der Waals surface area contributed by atoms with Crippen molar-refractivity contribution in [1.82, 2.24) is 0 Å². The van der Waals surface area contributed by atoms with Gasteiger partial charge in [-0.3, -0.25) is 5.32 Å². The van der Waals surface area contributed by atoms with Crippen molar-refractivity contribution in [2.24, 2.45) is 0 Å². The SMILES string of the molecule is COC(=O)Nc1ccccc1Oc1ccccc1C. The molecule has 0 atom stereocenters. The Labute approximate surface area is 112 Å². The number of ether oxygens (including phenoxy) is 2. The molecule has 0 saturated carbocycles. The van der Waals surface area contributed by atoms with Gasteiger partial charge in [-0.25, -0.2) is 4.79 Å². The van der Waals surface area contributed by atoms with Gasteiger partial charge >= 0.3 is 6.09 Å². The lowest BCUT2D eigenvalue weighted by Gasteiger charge is -2.12. The Morgan fingerprint density at radius 1 is 1.00 bits per heavy atom. The molecule has 0 aromatic heterocycles. The van der Waals surface area contributed by atoms with E-state index in [1.807, 2.05) is 43.3 Å². The Morgan fingerprint density at radius 3 is 2.32 bits per heavy atom. The maximum absolute atomic E-state index is 11.3. The van der Waals surface area contributed by atoms with E-state index in [1.54, 1.807) is 12.1 Å². The molecule has 1 amide bonds. The molecule has 1 N–H and O–H groups in total. The van der Waals surface area contributed by atoms with Gasteiger partial charge in [0.15, 0.2) is 5.75 Å². The number of anilines is 1. The average molecular weight is 257 g/mol. The van der Waals surface area contributed by atoms with Gasteiger partial charge in [-0.05, 0) is 30.7 Å². The molecule has 0 aliphatic rings. The van der Waals surface area contributed by atoms with E-state index in [1.165, 1.54) is 7.11 Å². The van der Waals surface area contributed by atoms with E-state index in [2.05, 4.69) is 10.1 Å². The third-order valence-corrected chi connectivity index (χ3v) is 2.62.